The van der Waals surface area contributed by atoms with Gasteiger partial charge in [-0.15, -0.1) is 0 Å². The summed E-state index contributed by atoms with van der Waals surface area (Å²) in [6, 6.07) is 0.270. The quantitative estimate of drug-likeness (QED) is 0.846. The second-order valence-corrected chi connectivity index (χ2v) is 6.11. The Bertz CT molecular complexity index is 458. The number of hydrogen-bond donors (Lipinski definition) is 2. The molecule has 1 aromatic rings. The van der Waals surface area contributed by atoms with Gasteiger partial charge in [-0.25, -0.2) is 0 Å². The van der Waals surface area contributed by atoms with Gasteiger partial charge in [-0.2, -0.15) is 15.0 Å². The molecular formula is C13H23N5O. The number of nitrogens with two attached hydrogens (primary N) is 1. The monoisotopic (exact) mass is 265 g/mol. The van der Waals surface area contributed by atoms with Crippen LogP contribution in [0.15, 0.2) is 0 Å². The van der Waals surface area contributed by atoms with Crippen LogP contribution < -0.4 is 15.8 Å². The summed E-state index contributed by atoms with van der Waals surface area (Å²) in [5.41, 5.74) is 6.31. The zero-order valence-electron chi connectivity index (χ0n) is 12.3. The van der Waals surface area contributed by atoms with Crippen molar-refractivity contribution in [1.29, 1.82) is 0 Å². The molecule has 0 unspecified atom stereocenters. The highest BCUT2D eigenvalue weighted by atomic mass is 16.5. The summed E-state index contributed by atoms with van der Waals surface area (Å²) in [5, 5.41) is 3.24. The number of aromatic nitrogens is 3. The van der Waals surface area contributed by atoms with E-state index in [0.29, 0.717) is 29.3 Å². The maximum absolute atomic E-state index is 5.64. The molecule has 0 atom stereocenters. The molecule has 1 fully saturated rings. The van der Waals surface area contributed by atoms with Crippen LogP contribution in [0.4, 0.5) is 11.9 Å². The van der Waals surface area contributed by atoms with E-state index in [0.717, 1.165) is 6.54 Å². The van der Waals surface area contributed by atoms with E-state index in [9.17, 15) is 0 Å². The molecular weight excluding hydrogens is 242 g/mol. The molecule has 1 heterocycles. The molecule has 0 radical (unpaired) electrons. The van der Waals surface area contributed by atoms with Crippen LogP contribution in [0.3, 0.4) is 0 Å². The summed E-state index contributed by atoms with van der Waals surface area (Å²) >= 11 is 0. The number of nitrogens with zero attached hydrogens (tertiary/aromatic N) is 3. The number of ether oxygens (including phenoxy) is 1. The van der Waals surface area contributed by atoms with Crippen LogP contribution >= 0.6 is 0 Å². The zero-order valence-corrected chi connectivity index (χ0v) is 12.3. The highest BCUT2D eigenvalue weighted by Gasteiger charge is 2.64. The average molecular weight is 265 g/mol. The fourth-order valence-electron chi connectivity index (χ4n) is 2.68. The molecule has 6 nitrogen and oxygen atoms in total. The summed E-state index contributed by atoms with van der Waals surface area (Å²) in [5.74, 6) is 1.25. The van der Waals surface area contributed by atoms with Crippen molar-refractivity contribution >= 4 is 11.9 Å². The number of anilines is 2. The second-order valence-electron chi connectivity index (χ2n) is 6.11. The van der Waals surface area contributed by atoms with Crippen molar-refractivity contribution in [1.82, 2.24) is 15.0 Å². The topological polar surface area (TPSA) is 86.0 Å². The lowest BCUT2D eigenvalue weighted by molar-refractivity contribution is 0.312. The first-order valence-corrected chi connectivity index (χ1v) is 6.67. The van der Waals surface area contributed by atoms with Crippen LogP contribution in [-0.4, -0.2) is 28.1 Å². The SMILES string of the molecule is CCOc1nc(N)nc(NCC2C(C)(C)C2(C)C)n1. The first-order valence-electron chi connectivity index (χ1n) is 6.67. The van der Waals surface area contributed by atoms with Gasteiger partial charge in [-0.1, -0.05) is 27.7 Å². The molecule has 0 spiro atoms. The Morgan fingerprint density at radius 2 is 1.79 bits per heavy atom. The number of hydrogen-bond acceptors (Lipinski definition) is 6. The van der Waals surface area contributed by atoms with Gasteiger partial charge in [0, 0.05) is 6.54 Å². The van der Waals surface area contributed by atoms with Crippen LogP contribution in [0.25, 0.3) is 0 Å². The molecule has 1 aliphatic carbocycles. The lowest BCUT2D eigenvalue weighted by Gasteiger charge is -2.08. The molecule has 0 amide bonds. The molecule has 106 valence electrons. The second kappa shape index (κ2) is 4.51. The lowest BCUT2D eigenvalue weighted by atomic mass is 10.0. The predicted molar refractivity (Wildman–Crippen MR) is 75.0 cm³/mol. The lowest BCUT2D eigenvalue weighted by Crippen LogP contribution is -2.13. The van der Waals surface area contributed by atoms with E-state index in [1.165, 1.54) is 0 Å². The van der Waals surface area contributed by atoms with Gasteiger partial charge in [0.25, 0.3) is 0 Å². The summed E-state index contributed by atoms with van der Waals surface area (Å²) in [6.07, 6.45) is 0. The van der Waals surface area contributed by atoms with E-state index >= 15 is 0 Å². The number of rotatable bonds is 5. The highest BCUT2D eigenvalue weighted by molar-refractivity contribution is 5.33. The molecule has 0 aliphatic heterocycles. The van der Waals surface area contributed by atoms with Gasteiger partial charge in [0.1, 0.15) is 0 Å². The first kappa shape index (κ1) is 13.8. The molecule has 19 heavy (non-hydrogen) atoms. The van der Waals surface area contributed by atoms with Crippen molar-refractivity contribution in [2.24, 2.45) is 16.7 Å². The van der Waals surface area contributed by atoms with Gasteiger partial charge < -0.3 is 15.8 Å². The minimum absolute atomic E-state index is 0.176. The van der Waals surface area contributed by atoms with E-state index in [4.69, 9.17) is 10.5 Å². The van der Waals surface area contributed by atoms with E-state index in [2.05, 4.69) is 48.0 Å². The summed E-state index contributed by atoms with van der Waals surface area (Å²) in [6.45, 7) is 12.3. The smallest absolute Gasteiger partial charge is 0.323 e. The Kier molecular flexibility index (Phi) is 3.28. The van der Waals surface area contributed by atoms with Gasteiger partial charge in [0.2, 0.25) is 11.9 Å². The third-order valence-electron chi connectivity index (χ3n) is 4.69. The molecule has 3 N–H and O–H groups in total. The van der Waals surface area contributed by atoms with Gasteiger partial charge in [-0.05, 0) is 23.7 Å². The standard InChI is InChI=1S/C13H23N5O/c1-6-19-11-17-9(14)16-10(18-11)15-7-8-12(2,3)13(8,4)5/h8H,6-7H2,1-5H3,(H3,14,15,16,17,18). The first-order chi connectivity index (χ1) is 8.79. The number of nitrogens with one attached hydrogen (secondary N) is 1. The van der Waals surface area contributed by atoms with E-state index in [-0.39, 0.29) is 12.0 Å². The summed E-state index contributed by atoms with van der Waals surface area (Å²) in [7, 11) is 0. The van der Waals surface area contributed by atoms with Crippen LogP contribution in [0.1, 0.15) is 34.6 Å². The Morgan fingerprint density at radius 1 is 1.16 bits per heavy atom. The van der Waals surface area contributed by atoms with Crippen LogP contribution in [0.5, 0.6) is 6.01 Å². The van der Waals surface area contributed by atoms with Crippen molar-refractivity contribution in [2.45, 2.75) is 34.6 Å². The van der Waals surface area contributed by atoms with E-state index in [1.54, 1.807) is 0 Å². The Balaban J connectivity index is 2.01. The molecule has 1 saturated carbocycles. The average Bonchev–Trinajstić information content (AvgIpc) is 2.66. The van der Waals surface area contributed by atoms with Crippen LogP contribution in [0.2, 0.25) is 0 Å². The van der Waals surface area contributed by atoms with E-state index in [1.807, 2.05) is 6.92 Å². The third-order valence-corrected chi connectivity index (χ3v) is 4.69. The molecule has 1 aromatic heterocycles. The molecule has 2 rings (SSSR count). The van der Waals surface area contributed by atoms with Crippen molar-refractivity contribution in [3.8, 4) is 6.01 Å². The van der Waals surface area contributed by atoms with Gasteiger partial charge in [0.05, 0.1) is 6.61 Å². The summed E-state index contributed by atoms with van der Waals surface area (Å²) < 4.78 is 5.25. The maximum atomic E-state index is 5.64. The Labute approximate surface area is 114 Å². The van der Waals surface area contributed by atoms with Crippen molar-refractivity contribution < 1.29 is 4.74 Å². The minimum Gasteiger partial charge on any atom is -0.464 e. The van der Waals surface area contributed by atoms with Gasteiger partial charge in [0.15, 0.2) is 0 Å². The van der Waals surface area contributed by atoms with Crippen molar-refractivity contribution in [3.63, 3.8) is 0 Å². The van der Waals surface area contributed by atoms with Gasteiger partial charge in [-0.3, -0.25) is 0 Å². The van der Waals surface area contributed by atoms with E-state index < -0.39 is 0 Å². The largest absolute Gasteiger partial charge is 0.464 e. The molecule has 0 saturated heterocycles. The van der Waals surface area contributed by atoms with Crippen LogP contribution in [-0.2, 0) is 0 Å². The predicted octanol–water partition coefficient (Wildman–Crippen LogP) is 1.95. The number of nitrogen functional groups attached to an aromatic ring is 1. The Hall–Kier alpha value is -1.59. The molecule has 1 aliphatic rings. The minimum atomic E-state index is 0.176. The highest BCUT2D eigenvalue weighted by Crippen LogP contribution is 2.68. The normalized spacial score (nSPS) is 20.1. The van der Waals surface area contributed by atoms with Crippen LogP contribution in [0, 0.1) is 16.7 Å². The molecule has 6 heteroatoms. The van der Waals surface area contributed by atoms with Crippen molar-refractivity contribution in [2.75, 3.05) is 24.2 Å². The van der Waals surface area contributed by atoms with Gasteiger partial charge >= 0.3 is 6.01 Å². The van der Waals surface area contributed by atoms with Crippen molar-refractivity contribution in [3.05, 3.63) is 0 Å². The molecule has 0 bridgehead atoms. The third kappa shape index (κ3) is 2.43. The Morgan fingerprint density at radius 3 is 2.32 bits per heavy atom. The fraction of sp³-hybridized carbons (Fsp3) is 0.769. The maximum Gasteiger partial charge on any atom is 0.323 e. The fourth-order valence-corrected chi connectivity index (χ4v) is 2.68. The molecule has 0 aromatic carbocycles. The zero-order chi connectivity index (χ0) is 14.3. The summed E-state index contributed by atoms with van der Waals surface area (Å²) in [4.78, 5) is 12.2.